The summed E-state index contributed by atoms with van der Waals surface area (Å²) in [6, 6.07) is 1.60. The van der Waals surface area contributed by atoms with Gasteiger partial charge in [-0.2, -0.15) is 0 Å². The van der Waals surface area contributed by atoms with Gasteiger partial charge in [0, 0.05) is 19.7 Å². The summed E-state index contributed by atoms with van der Waals surface area (Å²) in [4.78, 5) is 22.6. The zero-order valence-electron chi connectivity index (χ0n) is 8.53. The van der Waals surface area contributed by atoms with Crippen LogP contribution in [0.5, 0.6) is 0 Å². The van der Waals surface area contributed by atoms with Crippen LogP contribution < -0.4 is 0 Å². The van der Waals surface area contributed by atoms with Crippen molar-refractivity contribution in [3.8, 4) is 0 Å². The van der Waals surface area contributed by atoms with Crippen LogP contribution in [-0.4, -0.2) is 23.4 Å². The zero-order valence-corrected chi connectivity index (χ0v) is 8.53. The Morgan fingerprint density at radius 2 is 2.14 bits per heavy atom. The summed E-state index contributed by atoms with van der Waals surface area (Å²) in [6.45, 7) is 4.01. The summed E-state index contributed by atoms with van der Waals surface area (Å²) in [5.74, 6) is -0.598. The molecule has 14 heavy (non-hydrogen) atoms. The Bertz CT molecular complexity index is 365. The second-order valence-electron chi connectivity index (χ2n) is 2.91. The number of hydrogen-bond donors (Lipinski definition) is 0. The summed E-state index contributed by atoms with van der Waals surface area (Å²) in [5.41, 5.74) is 0.751. The molecule has 4 nitrogen and oxygen atoms in total. The van der Waals surface area contributed by atoms with E-state index < -0.39 is 5.97 Å². The summed E-state index contributed by atoms with van der Waals surface area (Å²) in [7, 11) is 1.30. The average Bonchev–Trinajstić information content (AvgIpc) is 2.59. The van der Waals surface area contributed by atoms with Crippen molar-refractivity contribution in [3.05, 3.63) is 23.5 Å². The molecule has 0 bridgehead atoms. The van der Waals surface area contributed by atoms with E-state index in [-0.39, 0.29) is 5.78 Å². The van der Waals surface area contributed by atoms with Gasteiger partial charge in [0.1, 0.15) is 0 Å². The van der Waals surface area contributed by atoms with Gasteiger partial charge in [-0.1, -0.05) is 0 Å². The van der Waals surface area contributed by atoms with Crippen LogP contribution in [0.4, 0.5) is 0 Å². The standard InChI is InChI=1S/C10H13NO3/c1-4-11-6-5-8(10(13)14-3)9(11)7(2)12/h5-6H,4H2,1-3H3. The monoisotopic (exact) mass is 195 g/mol. The summed E-state index contributed by atoms with van der Waals surface area (Å²) in [5, 5.41) is 0. The first-order valence-corrected chi connectivity index (χ1v) is 4.40. The van der Waals surface area contributed by atoms with Crippen LogP contribution in [0, 0.1) is 0 Å². The highest BCUT2D eigenvalue weighted by Gasteiger charge is 2.18. The molecule has 0 fully saturated rings. The molecule has 0 aliphatic carbocycles. The molecule has 1 aromatic heterocycles. The molecular weight excluding hydrogens is 182 g/mol. The number of aromatic nitrogens is 1. The number of carbonyl (C=O) groups excluding carboxylic acids is 2. The van der Waals surface area contributed by atoms with Crippen LogP contribution >= 0.6 is 0 Å². The molecular formula is C10H13NO3. The summed E-state index contributed by atoms with van der Waals surface area (Å²) >= 11 is 0. The quantitative estimate of drug-likeness (QED) is 0.542. The van der Waals surface area contributed by atoms with E-state index in [0.717, 1.165) is 0 Å². The van der Waals surface area contributed by atoms with E-state index in [0.29, 0.717) is 17.8 Å². The first kappa shape index (κ1) is 10.5. The van der Waals surface area contributed by atoms with Gasteiger partial charge in [0.15, 0.2) is 5.78 Å². The van der Waals surface area contributed by atoms with Crippen LogP contribution in [-0.2, 0) is 11.3 Å². The molecule has 0 unspecified atom stereocenters. The van der Waals surface area contributed by atoms with Crippen molar-refractivity contribution in [3.63, 3.8) is 0 Å². The number of methoxy groups -OCH3 is 1. The summed E-state index contributed by atoms with van der Waals surface area (Å²) < 4.78 is 6.31. The Morgan fingerprint density at radius 1 is 1.50 bits per heavy atom. The van der Waals surface area contributed by atoms with Gasteiger partial charge in [-0.15, -0.1) is 0 Å². The van der Waals surface area contributed by atoms with Gasteiger partial charge < -0.3 is 9.30 Å². The van der Waals surface area contributed by atoms with Gasteiger partial charge in [-0.25, -0.2) is 4.79 Å². The maximum Gasteiger partial charge on any atom is 0.340 e. The van der Waals surface area contributed by atoms with E-state index in [9.17, 15) is 9.59 Å². The van der Waals surface area contributed by atoms with Crippen LogP contribution in [0.2, 0.25) is 0 Å². The highest BCUT2D eigenvalue weighted by atomic mass is 16.5. The molecule has 0 saturated carbocycles. The number of Topliss-reactive ketones (excluding diaryl/α,β-unsaturated/α-hetero) is 1. The zero-order chi connectivity index (χ0) is 10.7. The largest absolute Gasteiger partial charge is 0.465 e. The predicted octanol–water partition coefficient (Wildman–Crippen LogP) is 1.50. The molecule has 0 N–H and O–H groups in total. The van der Waals surface area contributed by atoms with Gasteiger partial charge in [0.05, 0.1) is 18.4 Å². The lowest BCUT2D eigenvalue weighted by molar-refractivity contribution is 0.0597. The SMILES string of the molecule is CCn1ccc(C(=O)OC)c1C(C)=O. The third kappa shape index (κ3) is 1.69. The molecule has 0 saturated heterocycles. The van der Waals surface area contributed by atoms with Crippen LogP contribution in [0.1, 0.15) is 34.7 Å². The lowest BCUT2D eigenvalue weighted by Gasteiger charge is -2.04. The average molecular weight is 195 g/mol. The number of hydrogen-bond acceptors (Lipinski definition) is 3. The third-order valence-electron chi connectivity index (χ3n) is 2.04. The summed E-state index contributed by atoms with van der Waals surface area (Å²) in [6.07, 6.45) is 1.71. The number of ether oxygens (including phenoxy) is 1. The fraction of sp³-hybridized carbons (Fsp3) is 0.400. The van der Waals surface area contributed by atoms with Crippen molar-refractivity contribution in [2.45, 2.75) is 20.4 Å². The number of esters is 1. The van der Waals surface area contributed by atoms with Crippen molar-refractivity contribution >= 4 is 11.8 Å². The Kier molecular flexibility index (Phi) is 3.06. The van der Waals surface area contributed by atoms with Crippen LogP contribution in [0.25, 0.3) is 0 Å². The molecule has 0 atom stereocenters. The number of ketones is 1. The van der Waals surface area contributed by atoms with Crippen molar-refractivity contribution in [1.29, 1.82) is 0 Å². The van der Waals surface area contributed by atoms with Crippen molar-refractivity contribution in [2.24, 2.45) is 0 Å². The van der Waals surface area contributed by atoms with Crippen molar-refractivity contribution in [2.75, 3.05) is 7.11 Å². The lowest BCUT2D eigenvalue weighted by Crippen LogP contribution is -2.11. The smallest absolute Gasteiger partial charge is 0.340 e. The Labute approximate surface area is 82.5 Å². The number of aryl methyl sites for hydroxylation is 1. The fourth-order valence-corrected chi connectivity index (χ4v) is 1.40. The second kappa shape index (κ2) is 4.09. The molecule has 0 aliphatic heterocycles. The second-order valence-corrected chi connectivity index (χ2v) is 2.91. The number of carbonyl (C=O) groups is 2. The first-order valence-electron chi connectivity index (χ1n) is 4.40. The third-order valence-corrected chi connectivity index (χ3v) is 2.04. The molecule has 4 heteroatoms. The van der Waals surface area contributed by atoms with Gasteiger partial charge >= 0.3 is 5.97 Å². The van der Waals surface area contributed by atoms with Crippen molar-refractivity contribution < 1.29 is 14.3 Å². The topological polar surface area (TPSA) is 48.3 Å². The minimum Gasteiger partial charge on any atom is -0.465 e. The molecule has 0 aliphatic rings. The Balaban J connectivity index is 3.24. The van der Waals surface area contributed by atoms with Crippen LogP contribution in [0.3, 0.4) is 0 Å². The van der Waals surface area contributed by atoms with E-state index in [4.69, 9.17) is 0 Å². The molecule has 0 amide bonds. The Hall–Kier alpha value is -1.58. The van der Waals surface area contributed by atoms with Gasteiger partial charge in [-0.05, 0) is 13.0 Å². The highest BCUT2D eigenvalue weighted by molar-refractivity contribution is 6.04. The highest BCUT2D eigenvalue weighted by Crippen LogP contribution is 2.13. The maximum atomic E-state index is 11.3. The van der Waals surface area contributed by atoms with Crippen LogP contribution in [0.15, 0.2) is 12.3 Å². The lowest BCUT2D eigenvalue weighted by atomic mass is 10.2. The molecule has 0 radical (unpaired) electrons. The van der Waals surface area contributed by atoms with Crippen molar-refractivity contribution in [1.82, 2.24) is 4.57 Å². The van der Waals surface area contributed by atoms with Gasteiger partial charge in [0.25, 0.3) is 0 Å². The molecule has 0 aromatic carbocycles. The minimum atomic E-state index is -0.470. The van der Waals surface area contributed by atoms with E-state index in [1.807, 2.05) is 6.92 Å². The fourth-order valence-electron chi connectivity index (χ4n) is 1.40. The Morgan fingerprint density at radius 3 is 2.57 bits per heavy atom. The van der Waals surface area contributed by atoms with E-state index in [2.05, 4.69) is 4.74 Å². The predicted molar refractivity (Wildman–Crippen MR) is 51.5 cm³/mol. The molecule has 0 spiro atoms. The first-order chi connectivity index (χ1) is 6.61. The molecule has 1 heterocycles. The van der Waals surface area contributed by atoms with E-state index >= 15 is 0 Å². The van der Waals surface area contributed by atoms with E-state index in [1.54, 1.807) is 16.8 Å². The molecule has 1 rings (SSSR count). The number of nitrogens with zero attached hydrogens (tertiary/aromatic N) is 1. The van der Waals surface area contributed by atoms with Gasteiger partial charge in [0.2, 0.25) is 0 Å². The maximum absolute atomic E-state index is 11.3. The number of rotatable bonds is 3. The normalized spacial score (nSPS) is 9.93. The molecule has 76 valence electrons. The van der Waals surface area contributed by atoms with Gasteiger partial charge in [-0.3, -0.25) is 4.79 Å². The molecule has 1 aromatic rings. The van der Waals surface area contributed by atoms with E-state index in [1.165, 1.54) is 14.0 Å². The minimum absolute atomic E-state index is 0.128.